The molecule has 1 aromatic carbocycles. The van der Waals surface area contributed by atoms with Crippen molar-refractivity contribution in [2.45, 2.75) is 6.85 Å². The van der Waals surface area contributed by atoms with E-state index in [1.807, 2.05) is 6.07 Å². The van der Waals surface area contributed by atoms with Crippen molar-refractivity contribution in [3.8, 4) is 11.8 Å². The van der Waals surface area contributed by atoms with Gasteiger partial charge < -0.3 is 4.74 Å². The van der Waals surface area contributed by atoms with Gasteiger partial charge in [-0.05, 0) is 19.0 Å². The van der Waals surface area contributed by atoms with Gasteiger partial charge in [-0.25, -0.2) is 4.79 Å². The van der Waals surface area contributed by atoms with Crippen LogP contribution in [0, 0.1) is 11.8 Å². The van der Waals surface area contributed by atoms with Crippen LogP contribution in [-0.2, 0) is 9.53 Å². The molecule has 0 aliphatic carbocycles. The lowest BCUT2D eigenvalue weighted by Crippen LogP contribution is -1.99. The fourth-order valence-electron chi connectivity index (χ4n) is 0.746. The molecule has 0 saturated carbocycles. The third kappa shape index (κ3) is 3.44. The van der Waals surface area contributed by atoms with Gasteiger partial charge in [-0.1, -0.05) is 24.1 Å². The van der Waals surface area contributed by atoms with E-state index in [4.69, 9.17) is 4.11 Å². The summed E-state index contributed by atoms with van der Waals surface area (Å²) < 4.78 is 24.9. The number of esters is 1. The number of hydrogen-bond acceptors (Lipinski definition) is 2. The molecular formula is C11H10O2. The molecule has 2 nitrogen and oxygen atoms in total. The summed E-state index contributed by atoms with van der Waals surface area (Å²) in [4.78, 5) is 11.0. The Bertz CT molecular complexity index is 412. The molecule has 0 aliphatic rings. The highest BCUT2D eigenvalue weighted by Gasteiger charge is 1.91. The minimum Gasteiger partial charge on any atom is -0.456 e. The molecule has 0 spiro atoms. The molecular weight excluding hydrogens is 164 g/mol. The zero-order valence-electron chi connectivity index (χ0n) is 9.91. The number of carbonyl (C=O) groups is 1. The van der Waals surface area contributed by atoms with E-state index in [0.29, 0.717) is 5.56 Å². The topological polar surface area (TPSA) is 26.3 Å². The lowest BCUT2D eigenvalue weighted by atomic mass is 10.2. The molecule has 0 bridgehead atoms. The second kappa shape index (κ2) is 5.00. The van der Waals surface area contributed by atoms with Gasteiger partial charge in [-0.2, -0.15) is 0 Å². The molecule has 0 N–H and O–H groups in total. The van der Waals surface area contributed by atoms with Crippen LogP contribution in [0.5, 0.6) is 0 Å². The average molecular weight is 177 g/mol. The lowest BCUT2D eigenvalue weighted by Gasteiger charge is -1.91. The van der Waals surface area contributed by atoms with Gasteiger partial charge >= 0.3 is 5.97 Å². The summed E-state index contributed by atoms with van der Waals surface area (Å²) in [6, 6.07) is 8.89. The van der Waals surface area contributed by atoms with Crippen LogP contribution in [-0.4, -0.2) is 12.6 Å². The Balaban J connectivity index is 2.50. The first-order chi connectivity index (χ1) is 7.47. The third-order valence-corrected chi connectivity index (χ3v) is 1.29. The normalized spacial score (nSPS) is 12.8. The largest absolute Gasteiger partial charge is 0.456 e. The molecule has 0 amide bonds. The molecule has 0 unspecified atom stereocenters. The average Bonchev–Trinajstić information content (AvgIpc) is 2.24. The van der Waals surface area contributed by atoms with Crippen LogP contribution in [0.25, 0.3) is 0 Å². The van der Waals surface area contributed by atoms with Crippen molar-refractivity contribution in [1.29, 1.82) is 0 Å². The Morgan fingerprint density at radius 1 is 1.54 bits per heavy atom. The SMILES string of the molecule is [2H]C([2H])([2H])COC(=O)C#Cc1ccccc1. The summed E-state index contributed by atoms with van der Waals surface area (Å²) in [5.41, 5.74) is 0.674. The Labute approximate surface area is 81.7 Å². The molecule has 0 radical (unpaired) electrons. The van der Waals surface area contributed by atoms with E-state index in [2.05, 4.69) is 16.6 Å². The van der Waals surface area contributed by atoms with Crippen LogP contribution in [0.15, 0.2) is 30.3 Å². The smallest absolute Gasteiger partial charge is 0.384 e. The summed E-state index contributed by atoms with van der Waals surface area (Å²) in [6.45, 7) is -2.89. The maximum Gasteiger partial charge on any atom is 0.384 e. The van der Waals surface area contributed by atoms with Gasteiger partial charge in [0.2, 0.25) is 0 Å². The van der Waals surface area contributed by atoms with Crippen molar-refractivity contribution in [3.63, 3.8) is 0 Å². The van der Waals surface area contributed by atoms with Crippen LogP contribution in [0.2, 0.25) is 0 Å². The van der Waals surface area contributed by atoms with E-state index in [1.54, 1.807) is 24.3 Å². The molecule has 0 fully saturated rings. The van der Waals surface area contributed by atoms with Crippen molar-refractivity contribution in [2.75, 3.05) is 6.61 Å². The minimum absolute atomic E-state index is 0.616. The van der Waals surface area contributed by atoms with Crippen molar-refractivity contribution >= 4 is 5.97 Å². The molecule has 0 heterocycles. The molecule has 0 aliphatic heterocycles. The van der Waals surface area contributed by atoms with Crippen LogP contribution >= 0.6 is 0 Å². The zero-order valence-corrected chi connectivity index (χ0v) is 6.91. The van der Waals surface area contributed by atoms with Crippen LogP contribution in [0.3, 0.4) is 0 Å². The Hall–Kier alpha value is -1.75. The van der Waals surface area contributed by atoms with Gasteiger partial charge in [0.15, 0.2) is 0 Å². The second-order valence-corrected chi connectivity index (χ2v) is 2.19. The van der Waals surface area contributed by atoms with Gasteiger partial charge in [0.25, 0.3) is 0 Å². The molecule has 1 aromatic rings. The molecule has 2 heteroatoms. The highest BCUT2D eigenvalue weighted by atomic mass is 16.5. The van der Waals surface area contributed by atoms with E-state index >= 15 is 0 Å². The first kappa shape index (κ1) is 5.82. The Kier molecular flexibility index (Phi) is 2.24. The number of hydrogen-bond donors (Lipinski definition) is 0. The van der Waals surface area contributed by atoms with Crippen molar-refractivity contribution in [1.82, 2.24) is 0 Å². The summed E-state index contributed by atoms with van der Waals surface area (Å²) in [6.07, 6.45) is 0. The first-order valence-electron chi connectivity index (χ1n) is 5.21. The van der Waals surface area contributed by atoms with E-state index in [1.165, 1.54) is 0 Å². The third-order valence-electron chi connectivity index (χ3n) is 1.29. The minimum atomic E-state index is -2.27. The van der Waals surface area contributed by atoms with E-state index in [0.717, 1.165) is 0 Å². The lowest BCUT2D eigenvalue weighted by molar-refractivity contribution is -0.136. The number of carbonyl (C=O) groups excluding carboxylic acids is 1. The van der Waals surface area contributed by atoms with E-state index in [-0.39, 0.29) is 0 Å². The molecule has 66 valence electrons. The van der Waals surface area contributed by atoms with Crippen molar-refractivity contribution in [3.05, 3.63) is 35.9 Å². The number of rotatable bonds is 1. The summed E-state index contributed by atoms with van der Waals surface area (Å²) in [5.74, 6) is 3.95. The van der Waals surface area contributed by atoms with Crippen LogP contribution in [0.4, 0.5) is 0 Å². The fraction of sp³-hybridized carbons (Fsp3) is 0.182. The van der Waals surface area contributed by atoms with Gasteiger partial charge in [-0.3, -0.25) is 0 Å². The van der Waals surface area contributed by atoms with E-state index < -0.39 is 19.4 Å². The Morgan fingerprint density at radius 2 is 2.31 bits per heavy atom. The molecule has 0 saturated heterocycles. The second-order valence-electron chi connectivity index (χ2n) is 2.19. The molecule has 0 aromatic heterocycles. The van der Waals surface area contributed by atoms with Crippen molar-refractivity contribution in [2.24, 2.45) is 0 Å². The molecule has 0 atom stereocenters. The molecule has 1 rings (SSSR count). The monoisotopic (exact) mass is 177 g/mol. The van der Waals surface area contributed by atoms with Gasteiger partial charge in [0.05, 0.1) is 6.61 Å². The zero-order chi connectivity index (χ0) is 12.0. The summed E-state index contributed by atoms with van der Waals surface area (Å²) >= 11 is 0. The fourth-order valence-corrected chi connectivity index (χ4v) is 0.746. The maximum absolute atomic E-state index is 11.0. The van der Waals surface area contributed by atoms with Gasteiger partial charge in [0, 0.05) is 15.6 Å². The first-order valence-corrected chi connectivity index (χ1v) is 3.71. The van der Waals surface area contributed by atoms with Crippen molar-refractivity contribution < 1.29 is 13.6 Å². The maximum atomic E-state index is 11.0. The predicted molar refractivity (Wildman–Crippen MR) is 50.0 cm³/mol. The van der Waals surface area contributed by atoms with Gasteiger partial charge in [0.1, 0.15) is 0 Å². The van der Waals surface area contributed by atoms with Crippen LogP contribution in [0.1, 0.15) is 16.5 Å². The van der Waals surface area contributed by atoms with E-state index in [9.17, 15) is 4.79 Å². The predicted octanol–water partition coefficient (Wildman–Crippen LogP) is 1.60. The Morgan fingerprint density at radius 3 is 3.00 bits per heavy atom. The highest BCUT2D eigenvalue weighted by Crippen LogP contribution is 1.94. The standard InChI is InChI=1S/C11H10O2/c1-2-13-11(12)9-8-10-6-4-3-5-7-10/h3-7H,2H2,1H3/i1D3. The summed E-state index contributed by atoms with van der Waals surface area (Å²) in [7, 11) is 0. The van der Waals surface area contributed by atoms with Gasteiger partial charge in [-0.15, -0.1) is 0 Å². The highest BCUT2D eigenvalue weighted by molar-refractivity contribution is 5.89. The number of benzene rings is 1. The number of ether oxygens (including phenoxy) is 1. The quantitative estimate of drug-likeness (QED) is 0.481. The summed E-state index contributed by atoms with van der Waals surface area (Å²) in [5, 5.41) is 0. The molecule has 13 heavy (non-hydrogen) atoms. The van der Waals surface area contributed by atoms with Crippen LogP contribution < -0.4 is 0 Å².